The van der Waals surface area contributed by atoms with Crippen LogP contribution in [0.4, 0.5) is 18.9 Å². The van der Waals surface area contributed by atoms with E-state index in [0.717, 1.165) is 0 Å². The van der Waals surface area contributed by atoms with E-state index in [-0.39, 0.29) is 5.88 Å². The quantitative estimate of drug-likeness (QED) is 0.907. The Morgan fingerprint density at radius 1 is 1.26 bits per heavy atom. The van der Waals surface area contributed by atoms with Crippen molar-refractivity contribution in [1.82, 2.24) is 9.97 Å². The fraction of sp³-hybridized carbons (Fsp3) is 0.273. The largest absolute Gasteiger partial charge is 0.468 e. The maximum absolute atomic E-state index is 11.9. The minimum Gasteiger partial charge on any atom is -0.468 e. The van der Waals surface area contributed by atoms with Gasteiger partial charge in [0.25, 0.3) is 0 Å². The third-order valence-electron chi connectivity index (χ3n) is 2.07. The Morgan fingerprint density at radius 3 is 2.68 bits per heavy atom. The topological polar surface area (TPSA) is 60.2 Å². The fourth-order valence-corrected chi connectivity index (χ4v) is 1.24. The number of aromatic nitrogens is 2. The lowest BCUT2D eigenvalue weighted by molar-refractivity contribution is -0.154. The molecule has 0 aliphatic rings. The molecule has 2 heterocycles. The van der Waals surface area contributed by atoms with E-state index in [1.165, 1.54) is 18.7 Å². The van der Waals surface area contributed by atoms with Gasteiger partial charge in [0, 0.05) is 6.07 Å². The molecule has 5 nitrogen and oxygen atoms in total. The van der Waals surface area contributed by atoms with Crippen LogP contribution in [-0.2, 0) is 6.54 Å². The number of hydrogen-bond donors (Lipinski definition) is 1. The molecular formula is C11H10F3N3O2. The summed E-state index contributed by atoms with van der Waals surface area (Å²) >= 11 is 0. The monoisotopic (exact) mass is 273 g/mol. The predicted molar refractivity (Wildman–Crippen MR) is 59.6 cm³/mol. The Balaban J connectivity index is 1.84. The zero-order chi connectivity index (χ0) is 13.7. The summed E-state index contributed by atoms with van der Waals surface area (Å²) in [5.41, 5.74) is 0.635. The SMILES string of the molecule is FC(F)(F)COc1ccc(NCc2cnco2)cn1. The molecule has 0 bridgehead atoms. The van der Waals surface area contributed by atoms with Crippen LogP contribution in [0.25, 0.3) is 0 Å². The molecule has 0 saturated heterocycles. The van der Waals surface area contributed by atoms with Crippen molar-refractivity contribution >= 4 is 5.69 Å². The zero-order valence-corrected chi connectivity index (χ0v) is 9.65. The van der Waals surface area contributed by atoms with Crippen molar-refractivity contribution < 1.29 is 22.3 Å². The molecule has 2 aromatic heterocycles. The van der Waals surface area contributed by atoms with E-state index >= 15 is 0 Å². The number of nitrogens with zero attached hydrogens (tertiary/aromatic N) is 2. The highest BCUT2D eigenvalue weighted by molar-refractivity contribution is 5.42. The Kier molecular flexibility index (Phi) is 3.88. The molecule has 19 heavy (non-hydrogen) atoms. The molecular weight excluding hydrogens is 263 g/mol. The second kappa shape index (κ2) is 5.59. The summed E-state index contributed by atoms with van der Waals surface area (Å²) in [6.07, 6.45) is -0.127. The Hall–Kier alpha value is -2.25. The van der Waals surface area contributed by atoms with Gasteiger partial charge in [0.05, 0.1) is 24.6 Å². The smallest absolute Gasteiger partial charge is 0.422 e. The van der Waals surface area contributed by atoms with Gasteiger partial charge in [-0.05, 0) is 6.07 Å². The van der Waals surface area contributed by atoms with E-state index < -0.39 is 12.8 Å². The summed E-state index contributed by atoms with van der Waals surface area (Å²) < 4.78 is 45.2. The minimum absolute atomic E-state index is 0.0810. The molecule has 0 aromatic carbocycles. The molecule has 0 radical (unpaired) electrons. The molecule has 8 heteroatoms. The van der Waals surface area contributed by atoms with E-state index in [0.29, 0.717) is 18.0 Å². The lowest BCUT2D eigenvalue weighted by Gasteiger charge is -2.09. The molecule has 2 rings (SSSR count). The van der Waals surface area contributed by atoms with Crippen molar-refractivity contribution in [2.45, 2.75) is 12.7 Å². The fourth-order valence-electron chi connectivity index (χ4n) is 1.24. The second-order valence-corrected chi connectivity index (χ2v) is 3.61. The maximum atomic E-state index is 11.9. The Bertz CT molecular complexity index is 497. The van der Waals surface area contributed by atoms with Crippen LogP contribution in [0, 0.1) is 0 Å². The molecule has 0 fully saturated rings. The van der Waals surface area contributed by atoms with Crippen LogP contribution in [-0.4, -0.2) is 22.8 Å². The van der Waals surface area contributed by atoms with E-state index in [4.69, 9.17) is 4.42 Å². The number of pyridine rings is 1. The van der Waals surface area contributed by atoms with E-state index in [1.807, 2.05) is 0 Å². The Morgan fingerprint density at radius 2 is 2.11 bits per heavy atom. The zero-order valence-electron chi connectivity index (χ0n) is 9.65. The van der Waals surface area contributed by atoms with E-state index in [2.05, 4.69) is 20.0 Å². The number of rotatable bonds is 5. The van der Waals surface area contributed by atoms with Crippen LogP contribution in [0.2, 0.25) is 0 Å². The van der Waals surface area contributed by atoms with Crippen LogP contribution in [0.3, 0.4) is 0 Å². The summed E-state index contributed by atoms with van der Waals surface area (Å²) in [6.45, 7) is -0.949. The van der Waals surface area contributed by atoms with Crippen LogP contribution in [0.5, 0.6) is 5.88 Å². The number of halogens is 3. The number of hydrogen-bond acceptors (Lipinski definition) is 5. The van der Waals surface area contributed by atoms with Crippen LogP contribution in [0.1, 0.15) is 5.76 Å². The van der Waals surface area contributed by atoms with E-state index in [1.54, 1.807) is 12.3 Å². The number of alkyl halides is 3. The average molecular weight is 273 g/mol. The highest BCUT2D eigenvalue weighted by atomic mass is 19.4. The molecule has 0 aliphatic heterocycles. The average Bonchev–Trinajstić information content (AvgIpc) is 2.87. The van der Waals surface area contributed by atoms with Crippen molar-refractivity contribution in [1.29, 1.82) is 0 Å². The molecule has 0 unspecified atom stereocenters. The van der Waals surface area contributed by atoms with Gasteiger partial charge in [0.1, 0.15) is 5.76 Å². The first-order chi connectivity index (χ1) is 9.03. The lowest BCUT2D eigenvalue weighted by Crippen LogP contribution is -2.19. The van der Waals surface area contributed by atoms with Gasteiger partial charge >= 0.3 is 6.18 Å². The molecule has 0 spiro atoms. The van der Waals surface area contributed by atoms with Crippen molar-refractivity contribution in [2.75, 3.05) is 11.9 Å². The first kappa shape index (κ1) is 13.2. The van der Waals surface area contributed by atoms with Crippen molar-refractivity contribution in [3.63, 3.8) is 0 Å². The Labute approximate surface area is 106 Å². The molecule has 0 atom stereocenters. The molecule has 0 saturated carbocycles. The summed E-state index contributed by atoms with van der Waals surface area (Å²) in [5, 5.41) is 2.97. The molecule has 102 valence electrons. The normalized spacial score (nSPS) is 11.3. The van der Waals surface area contributed by atoms with E-state index in [9.17, 15) is 13.2 Å². The molecule has 0 aliphatic carbocycles. The highest BCUT2D eigenvalue weighted by Gasteiger charge is 2.28. The summed E-state index contributed by atoms with van der Waals surface area (Å²) in [4.78, 5) is 7.50. The van der Waals surface area contributed by atoms with Gasteiger partial charge in [-0.2, -0.15) is 13.2 Å². The van der Waals surface area contributed by atoms with Gasteiger partial charge in [-0.15, -0.1) is 0 Å². The summed E-state index contributed by atoms with van der Waals surface area (Å²) in [5.74, 6) is 0.555. The van der Waals surface area contributed by atoms with Crippen LogP contribution >= 0.6 is 0 Å². The van der Waals surface area contributed by atoms with Crippen molar-refractivity contribution in [2.24, 2.45) is 0 Å². The van der Waals surface area contributed by atoms with Gasteiger partial charge < -0.3 is 14.5 Å². The molecule has 0 amide bonds. The third kappa shape index (κ3) is 4.49. The second-order valence-electron chi connectivity index (χ2n) is 3.61. The van der Waals surface area contributed by atoms with Crippen LogP contribution < -0.4 is 10.1 Å². The molecule has 2 aromatic rings. The van der Waals surface area contributed by atoms with Gasteiger partial charge in [0.15, 0.2) is 13.0 Å². The van der Waals surface area contributed by atoms with Crippen molar-refractivity contribution in [3.05, 3.63) is 36.7 Å². The van der Waals surface area contributed by atoms with Crippen LogP contribution in [0.15, 0.2) is 35.3 Å². The van der Waals surface area contributed by atoms with Gasteiger partial charge in [-0.25, -0.2) is 9.97 Å². The van der Waals surface area contributed by atoms with Gasteiger partial charge in [-0.3, -0.25) is 0 Å². The summed E-state index contributed by atoms with van der Waals surface area (Å²) in [7, 11) is 0. The standard InChI is InChI=1S/C11H10F3N3O2/c12-11(13,14)6-18-10-2-1-8(3-17-10)16-5-9-4-15-7-19-9/h1-4,7,16H,5-6H2. The lowest BCUT2D eigenvalue weighted by atomic mass is 10.4. The first-order valence-corrected chi connectivity index (χ1v) is 5.30. The number of anilines is 1. The van der Waals surface area contributed by atoms with Gasteiger partial charge in [0.2, 0.25) is 5.88 Å². The summed E-state index contributed by atoms with van der Waals surface area (Å²) in [6, 6.07) is 2.92. The number of oxazole rings is 1. The maximum Gasteiger partial charge on any atom is 0.422 e. The number of nitrogens with one attached hydrogen (secondary N) is 1. The van der Waals surface area contributed by atoms with Crippen molar-refractivity contribution in [3.8, 4) is 5.88 Å². The predicted octanol–water partition coefficient (Wildman–Crippen LogP) is 2.62. The molecule has 1 N–H and O–H groups in total. The minimum atomic E-state index is -4.37. The third-order valence-corrected chi connectivity index (χ3v) is 2.07. The highest BCUT2D eigenvalue weighted by Crippen LogP contribution is 2.18. The van der Waals surface area contributed by atoms with Gasteiger partial charge in [-0.1, -0.05) is 0 Å². The number of ether oxygens (including phenoxy) is 1. The first-order valence-electron chi connectivity index (χ1n) is 5.30.